The van der Waals surface area contributed by atoms with Gasteiger partial charge in [-0.3, -0.25) is 14.3 Å². The normalized spacial score (nSPS) is 14.1. The zero-order valence-electron chi connectivity index (χ0n) is 17.3. The second-order valence-electron chi connectivity index (χ2n) is 7.40. The van der Waals surface area contributed by atoms with Gasteiger partial charge in [0.1, 0.15) is 5.75 Å². The van der Waals surface area contributed by atoms with Crippen LogP contribution in [0.5, 0.6) is 5.75 Å². The molecule has 9 nitrogen and oxygen atoms in total. The van der Waals surface area contributed by atoms with Crippen molar-refractivity contribution >= 4 is 28.7 Å². The molecule has 1 fully saturated rings. The van der Waals surface area contributed by atoms with Crippen molar-refractivity contribution in [2.24, 2.45) is 0 Å². The van der Waals surface area contributed by atoms with Crippen molar-refractivity contribution in [2.45, 2.75) is 0 Å². The van der Waals surface area contributed by atoms with Crippen molar-refractivity contribution in [3.8, 4) is 17.1 Å². The molecular weight excluding hydrogens is 432 g/mol. The lowest BCUT2D eigenvalue weighted by Crippen LogP contribution is -2.44. The molecule has 1 aliphatic rings. The second kappa shape index (κ2) is 8.18. The van der Waals surface area contributed by atoms with Crippen LogP contribution in [0.3, 0.4) is 0 Å². The maximum Gasteiger partial charge on any atom is 0.334 e. The van der Waals surface area contributed by atoms with Gasteiger partial charge in [-0.05, 0) is 36.4 Å². The molecule has 0 atom stereocenters. The highest BCUT2D eigenvalue weighted by Gasteiger charge is 2.25. The predicted molar refractivity (Wildman–Crippen MR) is 124 cm³/mol. The van der Waals surface area contributed by atoms with E-state index < -0.39 is 11.2 Å². The number of para-hydroxylation sites is 1. The molecule has 2 aromatic carbocycles. The van der Waals surface area contributed by atoms with Gasteiger partial charge >= 0.3 is 5.69 Å². The number of methoxy groups -OCH3 is 1. The van der Waals surface area contributed by atoms with Gasteiger partial charge in [-0.2, -0.15) is 4.98 Å². The Kier molecular flexibility index (Phi) is 5.20. The zero-order chi connectivity index (χ0) is 22.2. The van der Waals surface area contributed by atoms with Crippen LogP contribution in [0.25, 0.3) is 22.5 Å². The van der Waals surface area contributed by atoms with Crippen LogP contribution < -0.4 is 26.2 Å². The number of aromatic amines is 1. The summed E-state index contributed by atoms with van der Waals surface area (Å²) >= 11 is 6.53. The molecule has 1 saturated heterocycles. The summed E-state index contributed by atoms with van der Waals surface area (Å²) < 4.78 is 8.36. The first-order chi connectivity index (χ1) is 15.6. The van der Waals surface area contributed by atoms with E-state index in [0.717, 1.165) is 13.1 Å². The number of halogens is 1. The molecule has 3 heterocycles. The minimum absolute atomic E-state index is 0.252. The topological polar surface area (TPSA) is 97.2 Å². The molecule has 0 spiro atoms. The number of benzene rings is 2. The Hall–Kier alpha value is -3.56. The molecule has 2 N–H and O–H groups in total. The number of rotatable bonds is 4. The van der Waals surface area contributed by atoms with E-state index in [4.69, 9.17) is 21.3 Å². The number of hydrogen-bond acceptors (Lipinski definition) is 6. The SMILES string of the molecule is COc1ccc(-n2c(=O)[nH]c(=O)c3c2nc(N2CCNCC2)n3-c2ccccc2Cl)cc1. The van der Waals surface area contributed by atoms with E-state index in [9.17, 15) is 9.59 Å². The Balaban J connectivity index is 1.85. The van der Waals surface area contributed by atoms with Crippen LogP contribution >= 0.6 is 11.6 Å². The summed E-state index contributed by atoms with van der Waals surface area (Å²) in [7, 11) is 1.57. The van der Waals surface area contributed by atoms with Gasteiger partial charge in [-0.25, -0.2) is 9.36 Å². The van der Waals surface area contributed by atoms with E-state index >= 15 is 0 Å². The van der Waals surface area contributed by atoms with E-state index in [1.54, 1.807) is 42.0 Å². The first-order valence-electron chi connectivity index (χ1n) is 10.2. The van der Waals surface area contributed by atoms with Crippen LogP contribution in [-0.2, 0) is 0 Å². The van der Waals surface area contributed by atoms with Crippen molar-refractivity contribution in [1.82, 2.24) is 24.4 Å². The van der Waals surface area contributed by atoms with Crippen molar-refractivity contribution in [2.75, 3.05) is 38.2 Å². The van der Waals surface area contributed by atoms with Crippen LogP contribution in [0.1, 0.15) is 0 Å². The highest BCUT2D eigenvalue weighted by atomic mass is 35.5. The summed E-state index contributed by atoms with van der Waals surface area (Å²) in [4.78, 5) is 35.3. The number of ether oxygens (including phenoxy) is 1. The van der Waals surface area contributed by atoms with E-state index in [0.29, 0.717) is 41.2 Å². The van der Waals surface area contributed by atoms with Crippen molar-refractivity contribution < 1.29 is 4.74 Å². The number of nitrogens with zero attached hydrogens (tertiary/aromatic N) is 4. The fourth-order valence-corrected chi connectivity index (χ4v) is 4.19. The smallest absolute Gasteiger partial charge is 0.334 e. The Labute approximate surface area is 187 Å². The molecule has 4 aromatic rings. The molecule has 5 rings (SSSR count). The molecule has 164 valence electrons. The molecule has 32 heavy (non-hydrogen) atoms. The Morgan fingerprint density at radius 1 is 1.00 bits per heavy atom. The first kappa shape index (κ1) is 20.3. The quantitative estimate of drug-likeness (QED) is 0.491. The van der Waals surface area contributed by atoms with Gasteiger partial charge in [0, 0.05) is 26.2 Å². The maximum absolute atomic E-state index is 13.1. The van der Waals surface area contributed by atoms with Crippen LogP contribution in [0.4, 0.5) is 5.95 Å². The van der Waals surface area contributed by atoms with E-state index in [2.05, 4.69) is 15.2 Å². The molecule has 0 aliphatic carbocycles. The summed E-state index contributed by atoms with van der Waals surface area (Å²) in [6.45, 7) is 2.98. The number of anilines is 1. The van der Waals surface area contributed by atoms with Crippen LogP contribution in [0, 0.1) is 0 Å². The fourth-order valence-electron chi connectivity index (χ4n) is 3.97. The molecule has 1 aliphatic heterocycles. The Morgan fingerprint density at radius 3 is 2.41 bits per heavy atom. The van der Waals surface area contributed by atoms with Crippen molar-refractivity contribution in [3.05, 3.63) is 74.4 Å². The lowest BCUT2D eigenvalue weighted by molar-refractivity contribution is 0.414. The molecule has 0 saturated carbocycles. The minimum Gasteiger partial charge on any atom is -0.497 e. The summed E-state index contributed by atoms with van der Waals surface area (Å²) in [5.74, 6) is 1.22. The van der Waals surface area contributed by atoms with E-state index in [1.807, 2.05) is 18.2 Å². The minimum atomic E-state index is -0.566. The van der Waals surface area contributed by atoms with Gasteiger partial charge in [0.05, 0.1) is 23.5 Å². The number of fused-ring (bicyclic) bond motifs is 1. The van der Waals surface area contributed by atoms with E-state index in [1.165, 1.54) is 4.57 Å². The lowest BCUT2D eigenvalue weighted by atomic mass is 10.3. The van der Waals surface area contributed by atoms with E-state index in [-0.39, 0.29) is 11.2 Å². The van der Waals surface area contributed by atoms with Crippen LogP contribution in [0.15, 0.2) is 58.1 Å². The summed E-state index contributed by atoms with van der Waals surface area (Å²) in [5.41, 5.74) is 0.606. The molecule has 0 unspecified atom stereocenters. The first-order valence-corrected chi connectivity index (χ1v) is 10.6. The third kappa shape index (κ3) is 3.35. The number of hydrogen-bond donors (Lipinski definition) is 2. The molecule has 0 amide bonds. The molecule has 10 heteroatoms. The number of imidazole rings is 1. The predicted octanol–water partition coefficient (Wildman–Crippen LogP) is 1.94. The monoisotopic (exact) mass is 452 g/mol. The van der Waals surface area contributed by atoms with Gasteiger partial charge in [-0.1, -0.05) is 23.7 Å². The zero-order valence-corrected chi connectivity index (χ0v) is 18.1. The Bertz CT molecular complexity index is 1400. The average molecular weight is 453 g/mol. The summed E-state index contributed by atoms with van der Waals surface area (Å²) in [6, 6.07) is 14.3. The van der Waals surface area contributed by atoms with Crippen LogP contribution in [0.2, 0.25) is 5.02 Å². The number of aromatic nitrogens is 4. The van der Waals surface area contributed by atoms with Crippen LogP contribution in [-0.4, -0.2) is 52.4 Å². The molecule has 0 radical (unpaired) electrons. The number of nitrogens with one attached hydrogen (secondary N) is 2. The maximum atomic E-state index is 13.1. The average Bonchev–Trinajstić information content (AvgIpc) is 3.21. The van der Waals surface area contributed by atoms with Gasteiger partial charge in [0.25, 0.3) is 5.56 Å². The molecular formula is C22H21ClN6O3. The summed E-state index contributed by atoms with van der Waals surface area (Å²) in [6.07, 6.45) is 0. The standard InChI is InChI=1S/C22H21ClN6O3/c1-32-15-8-6-14(7-9-15)28-19-18(20(30)26-22(28)31)29(17-5-3-2-4-16(17)23)21(25-19)27-12-10-24-11-13-27/h2-9,24H,10-13H2,1H3,(H,26,30,31). The highest BCUT2D eigenvalue weighted by molar-refractivity contribution is 6.32. The van der Waals surface area contributed by atoms with Gasteiger partial charge < -0.3 is 15.0 Å². The second-order valence-corrected chi connectivity index (χ2v) is 7.81. The third-order valence-corrected chi connectivity index (χ3v) is 5.84. The summed E-state index contributed by atoms with van der Waals surface area (Å²) in [5, 5.41) is 3.79. The third-order valence-electron chi connectivity index (χ3n) is 5.52. The lowest BCUT2D eigenvalue weighted by Gasteiger charge is -2.28. The molecule has 0 bridgehead atoms. The van der Waals surface area contributed by atoms with Gasteiger partial charge in [0.15, 0.2) is 11.2 Å². The largest absolute Gasteiger partial charge is 0.497 e. The number of H-pyrrole nitrogens is 1. The fraction of sp³-hybridized carbons (Fsp3) is 0.227. The van der Waals surface area contributed by atoms with Gasteiger partial charge in [0.2, 0.25) is 5.95 Å². The number of piperazine rings is 1. The van der Waals surface area contributed by atoms with Gasteiger partial charge in [-0.15, -0.1) is 0 Å². The Morgan fingerprint density at radius 2 is 1.72 bits per heavy atom. The highest BCUT2D eigenvalue weighted by Crippen LogP contribution is 2.30. The van der Waals surface area contributed by atoms with Crippen molar-refractivity contribution in [1.29, 1.82) is 0 Å². The molecule has 2 aromatic heterocycles. The van der Waals surface area contributed by atoms with Crippen molar-refractivity contribution in [3.63, 3.8) is 0 Å².